The van der Waals surface area contributed by atoms with Crippen LogP contribution in [0.2, 0.25) is 0 Å². The SMILES string of the molecule is COC(=O)C1(N(c2cnc(N)s2)S(=O)[O-])CC1(C)c1ccccc1. The van der Waals surface area contributed by atoms with Crippen LogP contribution in [0.3, 0.4) is 0 Å². The summed E-state index contributed by atoms with van der Waals surface area (Å²) in [7, 11) is 1.25. The van der Waals surface area contributed by atoms with Gasteiger partial charge in [0.1, 0.15) is 5.00 Å². The fourth-order valence-corrected chi connectivity index (χ4v) is 4.97. The standard InChI is InChI=1S/C15H17N3O4S2/c1-14(10-6-4-3-5-7-10)9-15(14,12(19)22-2)18(24(20)21)11-8-17-13(16)23-11/h3-8H,9H2,1-2H3,(H2,16,17)(H,20,21)/p-1. The fraction of sp³-hybridized carbons (Fsp3) is 0.333. The number of hydrogen-bond donors (Lipinski definition) is 1. The number of methoxy groups -OCH3 is 1. The number of anilines is 2. The van der Waals surface area contributed by atoms with Gasteiger partial charge in [0.15, 0.2) is 10.7 Å². The van der Waals surface area contributed by atoms with Gasteiger partial charge in [-0.2, -0.15) is 0 Å². The first-order valence-corrected chi connectivity index (χ1v) is 8.96. The predicted octanol–water partition coefficient (Wildman–Crippen LogP) is 1.60. The van der Waals surface area contributed by atoms with Crippen LogP contribution in [-0.4, -0.2) is 32.4 Å². The van der Waals surface area contributed by atoms with Crippen LogP contribution in [0, 0.1) is 0 Å². The predicted molar refractivity (Wildman–Crippen MR) is 91.1 cm³/mol. The maximum atomic E-state index is 12.6. The van der Waals surface area contributed by atoms with Crippen LogP contribution in [-0.2, 0) is 26.2 Å². The summed E-state index contributed by atoms with van der Waals surface area (Å²) in [5.41, 5.74) is 4.43. The molecule has 128 valence electrons. The van der Waals surface area contributed by atoms with E-state index < -0.39 is 28.2 Å². The Morgan fingerprint density at radius 1 is 1.46 bits per heavy atom. The molecule has 0 amide bonds. The molecule has 1 fully saturated rings. The maximum absolute atomic E-state index is 12.6. The quantitative estimate of drug-likeness (QED) is 0.636. The van der Waals surface area contributed by atoms with Crippen molar-refractivity contribution in [1.82, 2.24) is 4.98 Å². The molecule has 1 aromatic carbocycles. The third-order valence-electron chi connectivity index (χ3n) is 4.54. The lowest BCUT2D eigenvalue weighted by Crippen LogP contribution is -2.50. The van der Waals surface area contributed by atoms with Gasteiger partial charge < -0.3 is 15.0 Å². The zero-order valence-corrected chi connectivity index (χ0v) is 14.7. The molecule has 1 aromatic heterocycles. The molecule has 3 unspecified atom stereocenters. The minimum Gasteiger partial charge on any atom is -0.755 e. The van der Waals surface area contributed by atoms with Crippen molar-refractivity contribution in [3.63, 3.8) is 0 Å². The molecule has 2 aromatic rings. The van der Waals surface area contributed by atoms with E-state index in [1.165, 1.54) is 13.3 Å². The van der Waals surface area contributed by atoms with Crippen molar-refractivity contribution in [3.05, 3.63) is 42.1 Å². The van der Waals surface area contributed by atoms with E-state index in [9.17, 15) is 13.6 Å². The maximum Gasteiger partial charge on any atom is 0.333 e. The highest BCUT2D eigenvalue weighted by atomic mass is 32.2. The molecular formula is C15H16N3O4S2-. The zero-order valence-electron chi connectivity index (χ0n) is 13.1. The van der Waals surface area contributed by atoms with Gasteiger partial charge in [-0.1, -0.05) is 48.6 Å². The summed E-state index contributed by atoms with van der Waals surface area (Å²) in [4.78, 5) is 16.5. The lowest BCUT2D eigenvalue weighted by atomic mass is 9.92. The molecule has 1 aliphatic rings. The van der Waals surface area contributed by atoms with E-state index in [2.05, 4.69) is 4.98 Å². The van der Waals surface area contributed by atoms with Gasteiger partial charge in [0.2, 0.25) is 0 Å². The topological polar surface area (TPSA) is 109 Å². The number of aromatic nitrogens is 1. The number of esters is 1. The zero-order chi connectivity index (χ0) is 17.5. The number of carbonyl (C=O) groups is 1. The number of thiazole rings is 1. The van der Waals surface area contributed by atoms with Crippen molar-refractivity contribution in [2.75, 3.05) is 17.1 Å². The van der Waals surface area contributed by atoms with Crippen LogP contribution in [0.5, 0.6) is 0 Å². The molecule has 2 N–H and O–H groups in total. The van der Waals surface area contributed by atoms with Crippen molar-refractivity contribution in [3.8, 4) is 0 Å². The van der Waals surface area contributed by atoms with E-state index in [0.717, 1.165) is 21.2 Å². The van der Waals surface area contributed by atoms with E-state index in [0.29, 0.717) is 6.42 Å². The Kier molecular flexibility index (Phi) is 4.10. The molecule has 24 heavy (non-hydrogen) atoms. The van der Waals surface area contributed by atoms with Gasteiger partial charge in [0.05, 0.1) is 13.3 Å². The Bertz CT molecular complexity index is 797. The van der Waals surface area contributed by atoms with Gasteiger partial charge in [-0.15, -0.1) is 0 Å². The summed E-state index contributed by atoms with van der Waals surface area (Å²) in [6, 6.07) is 9.31. The third kappa shape index (κ3) is 2.31. The van der Waals surface area contributed by atoms with Gasteiger partial charge in [-0.05, 0) is 12.0 Å². The Morgan fingerprint density at radius 2 is 2.12 bits per heavy atom. The highest BCUT2D eigenvalue weighted by Gasteiger charge is 2.75. The van der Waals surface area contributed by atoms with Crippen molar-refractivity contribution in [1.29, 1.82) is 0 Å². The van der Waals surface area contributed by atoms with Crippen molar-refractivity contribution >= 4 is 38.7 Å². The number of nitrogens with two attached hydrogens (primary N) is 1. The second-order valence-corrected chi connectivity index (χ2v) is 7.62. The number of benzene rings is 1. The molecule has 0 bridgehead atoms. The highest BCUT2D eigenvalue weighted by Crippen LogP contribution is 2.63. The lowest BCUT2D eigenvalue weighted by molar-refractivity contribution is -0.143. The van der Waals surface area contributed by atoms with Crippen LogP contribution in [0.15, 0.2) is 36.5 Å². The van der Waals surface area contributed by atoms with E-state index in [4.69, 9.17) is 10.5 Å². The second-order valence-electron chi connectivity index (χ2n) is 5.77. The van der Waals surface area contributed by atoms with Gasteiger partial charge >= 0.3 is 5.97 Å². The molecule has 1 heterocycles. The van der Waals surface area contributed by atoms with Crippen molar-refractivity contribution in [2.45, 2.75) is 24.3 Å². The van der Waals surface area contributed by atoms with E-state index in [-0.39, 0.29) is 10.1 Å². The molecule has 0 spiro atoms. The molecule has 0 radical (unpaired) electrons. The number of hydrogen-bond acceptors (Lipinski definition) is 7. The van der Waals surface area contributed by atoms with Crippen LogP contribution in [0.25, 0.3) is 0 Å². The number of carbonyl (C=O) groups excluding carboxylic acids is 1. The molecule has 0 aliphatic heterocycles. The summed E-state index contributed by atoms with van der Waals surface area (Å²) in [6.07, 6.45) is 1.66. The average molecular weight is 366 g/mol. The largest absolute Gasteiger partial charge is 0.755 e. The first kappa shape index (κ1) is 16.9. The molecule has 9 heteroatoms. The Balaban J connectivity index is 2.14. The molecule has 1 saturated carbocycles. The van der Waals surface area contributed by atoms with Crippen LogP contribution in [0.1, 0.15) is 18.9 Å². The minimum atomic E-state index is -2.69. The molecule has 1 aliphatic carbocycles. The summed E-state index contributed by atoms with van der Waals surface area (Å²) < 4.78 is 30.0. The van der Waals surface area contributed by atoms with Crippen molar-refractivity contribution in [2.24, 2.45) is 0 Å². The van der Waals surface area contributed by atoms with Crippen LogP contribution in [0.4, 0.5) is 10.1 Å². The molecule has 0 saturated heterocycles. The number of nitrogens with zero attached hydrogens (tertiary/aromatic N) is 2. The van der Waals surface area contributed by atoms with Crippen LogP contribution >= 0.6 is 11.3 Å². The first-order valence-electron chi connectivity index (χ1n) is 7.11. The van der Waals surface area contributed by atoms with Gasteiger partial charge in [0, 0.05) is 16.7 Å². The van der Waals surface area contributed by atoms with E-state index in [1.807, 2.05) is 37.3 Å². The summed E-state index contributed by atoms with van der Waals surface area (Å²) in [5.74, 6) is -0.606. The summed E-state index contributed by atoms with van der Waals surface area (Å²) >= 11 is -1.69. The lowest BCUT2D eigenvalue weighted by Gasteiger charge is -2.35. The third-order valence-corrected chi connectivity index (χ3v) is 6.27. The second kappa shape index (κ2) is 5.83. The molecule has 3 rings (SSSR count). The Morgan fingerprint density at radius 3 is 2.62 bits per heavy atom. The molecule has 7 nitrogen and oxygen atoms in total. The van der Waals surface area contributed by atoms with Gasteiger partial charge in [-0.25, -0.2) is 9.78 Å². The Hall–Kier alpha value is -1.97. The Labute approximate surface area is 145 Å². The number of ether oxygens (including phenoxy) is 1. The summed E-state index contributed by atoms with van der Waals surface area (Å²) in [5, 5.41) is 0.508. The number of rotatable bonds is 5. The van der Waals surface area contributed by atoms with Crippen LogP contribution < -0.4 is 10.0 Å². The first-order chi connectivity index (χ1) is 11.4. The van der Waals surface area contributed by atoms with E-state index in [1.54, 1.807) is 0 Å². The van der Waals surface area contributed by atoms with E-state index >= 15 is 0 Å². The van der Waals surface area contributed by atoms with Gasteiger partial charge in [-0.3, -0.25) is 8.51 Å². The minimum absolute atomic E-state index is 0.225. The van der Waals surface area contributed by atoms with Gasteiger partial charge in [0.25, 0.3) is 0 Å². The monoisotopic (exact) mass is 366 g/mol. The fourth-order valence-electron chi connectivity index (χ4n) is 3.22. The summed E-state index contributed by atoms with van der Waals surface area (Å²) in [6.45, 7) is 1.85. The average Bonchev–Trinajstić information content (AvgIpc) is 2.98. The van der Waals surface area contributed by atoms with Crippen molar-refractivity contribution < 1.29 is 18.3 Å². The highest BCUT2D eigenvalue weighted by molar-refractivity contribution is 7.81. The number of nitrogen functional groups attached to an aromatic ring is 1. The smallest absolute Gasteiger partial charge is 0.333 e. The molecule has 3 atom stereocenters. The molecular weight excluding hydrogens is 350 g/mol. The normalized spacial score (nSPS) is 26.6.